The van der Waals surface area contributed by atoms with Gasteiger partial charge in [-0.3, -0.25) is 10.1 Å². The van der Waals surface area contributed by atoms with Gasteiger partial charge < -0.3 is 10.2 Å². The van der Waals surface area contributed by atoms with E-state index in [1.165, 1.54) is 5.56 Å². The minimum Gasteiger partial charge on any atom is -0.365 e. The molecule has 0 saturated carbocycles. The van der Waals surface area contributed by atoms with Crippen LogP contribution in [0, 0.1) is 10.1 Å². The molecular weight excluding hydrogens is 218 g/mol. The fourth-order valence-electron chi connectivity index (χ4n) is 1.92. The van der Waals surface area contributed by atoms with Crippen molar-refractivity contribution < 1.29 is 4.92 Å². The largest absolute Gasteiger partial charge is 0.365 e. The lowest BCUT2D eigenvalue weighted by Gasteiger charge is -2.16. The molecule has 1 aliphatic heterocycles. The molecule has 2 rings (SSSR count). The SMILES string of the molecule is O=[N+]([O-])/C=C1\NCCN1CCc1ccccc1. The lowest BCUT2D eigenvalue weighted by atomic mass is 10.1. The Morgan fingerprint density at radius 2 is 2.18 bits per heavy atom. The van der Waals surface area contributed by atoms with Crippen molar-refractivity contribution in [1.82, 2.24) is 10.2 Å². The van der Waals surface area contributed by atoms with Crippen molar-refractivity contribution in [2.24, 2.45) is 0 Å². The number of nitrogens with one attached hydrogen (secondary N) is 1. The van der Waals surface area contributed by atoms with Crippen LogP contribution in [0.3, 0.4) is 0 Å². The Morgan fingerprint density at radius 1 is 1.41 bits per heavy atom. The van der Waals surface area contributed by atoms with E-state index in [2.05, 4.69) is 17.4 Å². The molecular formula is C12H15N3O2. The number of hydrogen-bond acceptors (Lipinski definition) is 4. The van der Waals surface area contributed by atoms with E-state index in [4.69, 9.17) is 0 Å². The van der Waals surface area contributed by atoms with Gasteiger partial charge in [-0.2, -0.15) is 0 Å². The summed E-state index contributed by atoms with van der Waals surface area (Å²) in [6, 6.07) is 10.1. The molecule has 17 heavy (non-hydrogen) atoms. The van der Waals surface area contributed by atoms with Crippen molar-refractivity contribution in [3.8, 4) is 0 Å². The van der Waals surface area contributed by atoms with Crippen molar-refractivity contribution in [2.45, 2.75) is 6.42 Å². The topological polar surface area (TPSA) is 58.4 Å². The maximum Gasteiger partial charge on any atom is 0.274 e. The molecule has 1 aromatic carbocycles. The first kappa shape index (κ1) is 11.4. The maximum absolute atomic E-state index is 10.4. The van der Waals surface area contributed by atoms with Gasteiger partial charge in [-0.15, -0.1) is 0 Å². The number of rotatable bonds is 4. The second kappa shape index (κ2) is 5.34. The first-order valence-corrected chi connectivity index (χ1v) is 5.64. The van der Waals surface area contributed by atoms with Crippen LogP contribution in [0.4, 0.5) is 0 Å². The first-order chi connectivity index (χ1) is 8.25. The fourth-order valence-corrected chi connectivity index (χ4v) is 1.92. The van der Waals surface area contributed by atoms with Crippen LogP contribution in [-0.4, -0.2) is 29.5 Å². The van der Waals surface area contributed by atoms with Crippen LogP contribution >= 0.6 is 0 Å². The minimum absolute atomic E-state index is 0.414. The molecule has 5 heteroatoms. The van der Waals surface area contributed by atoms with Crippen LogP contribution in [0.5, 0.6) is 0 Å². The highest BCUT2D eigenvalue weighted by Gasteiger charge is 2.18. The van der Waals surface area contributed by atoms with E-state index in [0.717, 1.165) is 32.3 Å². The Bertz CT molecular complexity index is 417. The van der Waals surface area contributed by atoms with E-state index < -0.39 is 4.92 Å². The van der Waals surface area contributed by atoms with E-state index >= 15 is 0 Å². The zero-order valence-electron chi connectivity index (χ0n) is 9.50. The summed E-state index contributed by atoms with van der Waals surface area (Å²) in [7, 11) is 0. The third kappa shape index (κ3) is 3.21. The number of nitrogens with zero attached hydrogens (tertiary/aromatic N) is 2. The van der Waals surface area contributed by atoms with Crippen LogP contribution < -0.4 is 5.32 Å². The van der Waals surface area contributed by atoms with Gasteiger partial charge in [0, 0.05) is 19.6 Å². The summed E-state index contributed by atoms with van der Waals surface area (Å²) in [5.41, 5.74) is 1.25. The maximum atomic E-state index is 10.4. The third-order valence-electron chi connectivity index (χ3n) is 2.77. The van der Waals surface area contributed by atoms with Crippen molar-refractivity contribution in [2.75, 3.05) is 19.6 Å². The van der Waals surface area contributed by atoms with Crippen molar-refractivity contribution in [3.63, 3.8) is 0 Å². The smallest absolute Gasteiger partial charge is 0.274 e. The molecule has 0 bridgehead atoms. The molecule has 90 valence electrons. The molecule has 0 aromatic heterocycles. The van der Waals surface area contributed by atoms with Crippen LogP contribution in [0.2, 0.25) is 0 Å². The molecule has 1 saturated heterocycles. The van der Waals surface area contributed by atoms with Gasteiger partial charge in [0.2, 0.25) is 0 Å². The quantitative estimate of drug-likeness (QED) is 0.627. The van der Waals surface area contributed by atoms with Crippen LogP contribution in [-0.2, 0) is 6.42 Å². The highest BCUT2D eigenvalue weighted by atomic mass is 16.6. The molecule has 0 radical (unpaired) electrons. The predicted molar refractivity (Wildman–Crippen MR) is 64.8 cm³/mol. The van der Waals surface area contributed by atoms with Crippen LogP contribution in [0.1, 0.15) is 5.56 Å². The predicted octanol–water partition coefficient (Wildman–Crippen LogP) is 1.21. The highest BCUT2D eigenvalue weighted by molar-refractivity contribution is 5.15. The molecule has 0 spiro atoms. The van der Waals surface area contributed by atoms with E-state index in [9.17, 15) is 10.1 Å². The third-order valence-corrected chi connectivity index (χ3v) is 2.77. The zero-order chi connectivity index (χ0) is 12.1. The molecule has 1 aromatic rings. The monoisotopic (exact) mass is 233 g/mol. The number of benzene rings is 1. The lowest BCUT2D eigenvalue weighted by Crippen LogP contribution is -2.23. The molecule has 0 amide bonds. The number of nitro groups is 1. The van der Waals surface area contributed by atoms with Crippen molar-refractivity contribution in [3.05, 3.63) is 58.0 Å². The van der Waals surface area contributed by atoms with E-state index in [1.54, 1.807) is 0 Å². The summed E-state index contributed by atoms with van der Waals surface area (Å²) in [6.07, 6.45) is 1.94. The Morgan fingerprint density at radius 3 is 2.88 bits per heavy atom. The van der Waals surface area contributed by atoms with Crippen LogP contribution in [0.25, 0.3) is 0 Å². The standard InChI is InChI=1S/C12H15N3O2/c16-15(17)10-12-13-7-9-14(12)8-6-11-4-2-1-3-5-11/h1-5,10,13H,6-9H2/b12-10+. The summed E-state index contributed by atoms with van der Waals surface area (Å²) < 4.78 is 0. The average molecular weight is 233 g/mol. The van der Waals surface area contributed by atoms with Gasteiger partial charge in [0.1, 0.15) is 0 Å². The Balaban J connectivity index is 1.93. The second-order valence-electron chi connectivity index (χ2n) is 3.95. The van der Waals surface area contributed by atoms with Gasteiger partial charge in [-0.25, -0.2) is 0 Å². The lowest BCUT2D eigenvalue weighted by molar-refractivity contribution is -0.404. The van der Waals surface area contributed by atoms with Gasteiger partial charge in [0.15, 0.2) is 5.82 Å². The Labute approximate surface area is 99.9 Å². The van der Waals surface area contributed by atoms with E-state index in [-0.39, 0.29) is 0 Å². The van der Waals surface area contributed by atoms with Crippen LogP contribution in [0.15, 0.2) is 42.4 Å². The fraction of sp³-hybridized carbons (Fsp3) is 0.333. The molecule has 1 aliphatic rings. The zero-order valence-corrected chi connectivity index (χ0v) is 9.50. The first-order valence-electron chi connectivity index (χ1n) is 5.64. The van der Waals surface area contributed by atoms with Gasteiger partial charge in [0.25, 0.3) is 6.20 Å². The molecule has 5 nitrogen and oxygen atoms in total. The summed E-state index contributed by atoms with van der Waals surface area (Å²) in [5, 5.41) is 13.5. The summed E-state index contributed by atoms with van der Waals surface area (Å²) in [4.78, 5) is 12.0. The molecule has 1 heterocycles. The van der Waals surface area contributed by atoms with Crippen molar-refractivity contribution in [1.29, 1.82) is 0 Å². The molecule has 0 aliphatic carbocycles. The Kier molecular flexibility index (Phi) is 3.59. The summed E-state index contributed by atoms with van der Waals surface area (Å²) in [5.74, 6) is 0.617. The highest BCUT2D eigenvalue weighted by Crippen LogP contribution is 2.09. The summed E-state index contributed by atoms with van der Waals surface area (Å²) in [6.45, 7) is 2.40. The summed E-state index contributed by atoms with van der Waals surface area (Å²) >= 11 is 0. The van der Waals surface area contributed by atoms with Gasteiger partial charge >= 0.3 is 0 Å². The van der Waals surface area contributed by atoms with Crippen molar-refractivity contribution >= 4 is 0 Å². The Hall–Kier alpha value is -2.04. The van der Waals surface area contributed by atoms with Gasteiger partial charge in [0.05, 0.1) is 4.92 Å². The normalized spacial score (nSPS) is 17.2. The van der Waals surface area contributed by atoms with E-state index in [1.807, 2.05) is 23.1 Å². The van der Waals surface area contributed by atoms with E-state index in [0.29, 0.717) is 5.82 Å². The van der Waals surface area contributed by atoms with Gasteiger partial charge in [-0.05, 0) is 12.0 Å². The minimum atomic E-state index is -0.414. The second-order valence-corrected chi connectivity index (χ2v) is 3.95. The molecule has 0 unspecified atom stereocenters. The molecule has 1 N–H and O–H groups in total. The molecule has 1 fully saturated rings. The number of hydrogen-bond donors (Lipinski definition) is 1. The average Bonchev–Trinajstić information content (AvgIpc) is 2.74. The molecule has 0 atom stereocenters. The van der Waals surface area contributed by atoms with Gasteiger partial charge in [-0.1, -0.05) is 30.3 Å².